The molecule has 0 atom stereocenters. The molecule has 1 aromatic heterocycles. The van der Waals surface area contributed by atoms with Gasteiger partial charge in [-0.2, -0.15) is 4.31 Å². The Bertz CT molecular complexity index is 385. The third kappa shape index (κ3) is 5.25. The number of hydrogen-bond donors (Lipinski definition) is 0. The number of aromatic nitrogens is 1. The van der Waals surface area contributed by atoms with Crippen LogP contribution >= 0.6 is 11.3 Å². The van der Waals surface area contributed by atoms with Crippen molar-refractivity contribution in [2.24, 2.45) is 0 Å². The summed E-state index contributed by atoms with van der Waals surface area (Å²) >= 11 is 1.48. The fourth-order valence-electron chi connectivity index (χ4n) is 0.783. The minimum atomic E-state index is -3.09. The van der Waals surface area contributed by atoms with Gasteiger partial charge in [0, 0.05) is 18.1 Å². The van der Waals surface area contributed by atoms with Gasteiger partial charge in [0.2, 0.25) is 10.0 Å². The molecule has 0 aromatic carbocycles. The number of nitrogens with zero attached hydrogens (tertiary/aromatic N) is 2. The van der Waals surface area contributed by atoms with E-state index in [4.69, 9.17) is 0 Å². The first-order chi connectivity index (χ1) is 6.89. The van der Waals surface area contributed by atoms with Crippen molar-refractivity contribution in [1.29, 1.82) is 0 Å². The molecule has 0 bridgehead atoms. The third-order valence-corrected chi connectivity index (χ3v) is 3.80. The first-order valence-electron chi connectivity index (χ1n) is 4.72. The van der Waals surface area contributed by atoms with Crippen LogP contribution in [0, 0.1) is 6.92 Å². The van der Waals surface area contributed by atoms with E-state index in [-0.39, 0.29) is 0 Å². The molecule has 0 radical (unpaired) electrons. The molecule has 4 nitrogen and oxygen atoms in total. The standard InChI is InChI=1S/C7H12N2O2S2.C2H6/c1-6-5-12-7(8-6)4-9(2)13(3,10)11;1-2/h5H,4H2,1-3H3;1-2H3. The highest BCUT2D eigenvalue weighted by atomic mass is 32.2. The van der Waals surface area contributed by atoms with Crippen LogP contribution in [0.5, 0.6) is 0 Å². The van der Waals surface area contributed by atoms with E-state index < -0.39 is 10.0 Å². The van der Waals surface area contributed by atoms with Crippen molar-refractivity contribution in [3.05, 3.63) is 16.1 Å². The largest absolute Gasteiger partial charge is 0.245 e. The van der Waals surface area contributed by atoms with Crippen molar-refractivity contribution < 1.29 is 8.42 Å². The highest BCUT2D eigenvalue weighted by molar-refractivity contribution is 7.88. The van der Waals surface area contributed by atoms with Crippen LogP contribution in [0.1, 0.15) is 24.5 Å². The Morgan fingerprint density at radius 1 is 1.47 bits per heavy atom. The predicted molar refractivity (Wildman–Crippen MR) is 64.5 cm³/mol. The lowest BCUT2D eigenvalue weighted by molar-refractivity contribution is 0.471. The first kappa shape index (κ1) is 14.5. The fourth-order valence-corrected chi connectivity index (χ4v) is 2.05. The van der Waals surface area contributed by atoms with Gasteiger partial charge in [-0.15, -0.1) is 11.3 Å². The highest BCUT2D eigenvalue weighted by Gasteiger charge is 2.12. The lowest BCUT2D eigenvalue weighted by Gasteiger charge is -2.11. The molecule has 1 rings (SSSR count). The molecule has 0 aliphatic heterocycles. The molecule has 0 saturated heterocycles. The molecule has 0 N–H and O–H groups in total. The van der Waals surface area contributed by atoms with E-state index in [1.165, 1.54) is 21.9 Å². The smallest absolute Gasteiger partial charge is 0.211 e. The summed E-state index contributed by atoms with van der Waals surface area (Å²) in [6.45, 7) is 6.25. The van der Waals surface area contributed by atoms with Gasteiger partial charge < -0.3 is 0 Å². The van der Waals surface area contributed by atoms with Crippen LogP contribution < -0.4 is 0 Å². The molecule has 0 unspecified atom stereocenters. The Kier molecular flexibility index (Phi) is 6.00. The summed E-state index contributed by atoms with van der Waals surface area (Å²) in [4.78, 5) is 4.18. The molecule has 0 spiro atoms. The molecule has 0 amide bonds. The summed E-state index contributed by atoms with van der Waals surface area (Å²) in [7, 11) is -1.54. The predicted octanol–water partition coefficient (Wildman–Crippen LogP) is 1.87. The van der Waals surface area contributed by atoms with Crippen molar-refractivity contribution in [3.63, 3.8) is 0 Å². The molecule has 0 fully saturated rings. The Morgan fingerprint density at radius 2 is 2.00 bits per heavy atom. The summed E-state index contributed by atoms with van der Waals surface area (Å²) in [6.07, 6.45) is 1.19. The van der Waals surface area contributed by atoms with Gasteiger partial charge in [0.05, 0.1) is 12.8 Å². The van der Waals surface area contributed by atoms with Crippen LogP contribution in [0.3, 0.4) is 0 Å². The second-order valence-corrected chi connectivity index (χ2v) is 5.93. The minimum Gasteiger partial charge on any atom is -0.245 e. The highest BCUT2D eigenvalue weighted by Crippen LogP contribution is 2.11. The van der Waals surface area contributed by atoms with E-state index in [1.807, 2.05) is 26.2 Å². The maximum Gasteiger partial charge on any atom is 0.211 e. The summed E-state index contributed by atoms with van der Waals surface area (Å²) in [5, 5.41) is 2.73. The lowest BCUT2D eigenvalue weighted by atomic mass is 10.6. The molecule has 1 aromatic rings. The second-order valence-electron chi connectivity index (χ2n) is 2.90. The van der Waals surface area contributed by atoms with E-state index >= 15 is 0 Å². The van der Waals surface area contributed by atoms with Crippen molar-refractivity contribution in [3.8, 4) is 0 Å². The number of hydrogen-bond acceptors (Lipinski definition) is 4. The molecular formula is C9H18N2O2S2. The minimum absolute atomic E-state index is 0.358. The molecule has 88 valence electrons. The van der Waals surface area contributed by atoms with E-state index in [9.17, 15) is 8.42 Å². The van der Waals surface area contributed by atoms with Crippen molar-refractivity contribution in [1.82, 2.24) is 9.29 Å². The van der Waals surface area contributed by atoms with Crippen molar-refractivity contribution >= 4 is 21.4 Å². The van der Waals surface area contributed by atoms with Crippen molar-refractivity contribution in [2.45, 2.75) is 27.3 Å². The summed E-state index contributed by atoms with van der Waals surface area (Å²) in [6, 6.07) is 0. The van der Waals surface area contributed by atoms with E-state index in [0.717, 1.165) is 10.7 Å². The average Bonchev–Trinajstić information content (AvgIpc) is 2.53. The Hall–Kier alpha value is -0.460. The van der Waals surface area contributed by atoms with Gasteiger partial charge in [0.1, 0.15) is 5.01 Å². The molecular weight excluding hydrogens is 232 g/mol. The van der Waals surface area contributed by atoms with Crippen LogP contribution in [0.2, 0.25) is 0 Å². The van der Waals surface area contributed by atoms with Crippen molar-refractivity contribution in [2.75, 3.05) is 13.3 Å². The van der Waals surface area contributed by atoms with Gasteiger partial charge in [-0.3, -0.25) is 0 Å². The SMILES string of the molecule is CC.Cc1csc(CN(C)S(C)(=O)=O)n1. The zero-order valence-corrected chi connectivity index (χ0v) is 11.4. The van der Waals surface area contributed by atoms with Gasteiger partial charge >= 0.3 is 0 Å². The lowest BCUT2D eigenvalue weighted by Crippen LogP contribution is -2.24. The fraction of sp³-hybridized carbons (Fsp3) is 0.667. The molecule has 0 aliphatic carbocycles. The second kappa shape index (κ2) is 6.19. The summed E-state index contributed by atoms with van der Waals surface area (Å²) < 4.78 is 23.4. The summed E-state index contributed by atoms with van der Waals surface area (Å²) in [5.41, 5.74) is 0.932. The maximum absolute atomic E-state index is 11.0. The quantitative estimate of drug-likeness (QED) is 0.823. The van der Waals surface area contributed by atoms with E-state index in [2.05, 4.69) is 4.98 Å². The zero-order valence-electron chi connectivity index (χ0n) is 9.81. The van der Waals surface area contributed by atoms with Crippen LogP contribution in [0.15, 0.2) is 5.38 Å². The molecule has 1 heterocycles. The van der Waals surface area contributed by atoms with E-state index in [1.54, 1.807) is 7.05 Å². The number of aryl methyl sites for hydroxylation is 1. The third-order valence-electron chi connectivity index (χ3n) is 1.59. The summed E-state index contributed by atoms with van der Waals surface area (Å²) in [5.74, 6) is 0. The van der Waals surface area contributed by atoms with E-state index in [0.29, 0.717) is 6.54 Å². The first-order valence-corrected chi connectivity index (χ1v) is 7.44. The Balaban J connectivity index is 0.000000921. The van der Waals surface area contributed by atoms with Crippen LogP contribution in [-0.4, -0.2) is 31.0 Å². The van der Waals surface area contributed by atoms with Gasteiger partial charge in [-0.1, -0.05) is 13.8 Å². The van der Waals surface area contributed by atoms with Gasteiger partial charge in [-0.05, 0) is 6.92 Å². The zero-order chi connectivity index (χ0) is 12.1. The van der Waals surface area contributed by atoms with Gasteiger partial charge in [-0.25, -0.2) is 13.4 Å². The van der Waals surface area contributed by atoms with Crippen LogP contribution in [0.4, 0.5) is 0 Å². The molecule has 0 saturated carbocycles. The topological polar surface area (TPSA) is 50.3 Å². The number of rotatable bonds is 3. The molecule has 6 heteroatoms. The van der Waals surface area contributed by atoms with Crippen LogP contribution in [0.25, 0.3) is 0 Å². The normalized spacial score (nSPS) is 11.1. The molecule has 15 heavy (non-hydrogen) atoms. The Labute approximate surface area is 96.0 Å². The average molecular weight is 250 g/mol. The van der Waals surface area contributed by atoms with Crippen LogP contribution in [-0.2, 0) is 16.6 Å². The number of sulfonamides is 1. The number of thiazole rings is 1. The van der Waals surface area contributed by atoms with Gasteiger partial charge in [0.15, 0.2) is 0 Å². The Morgan fingerprint density at radius 3 is 2.33 bits per heavy atom. The molecule has 0 aliphatic rings. The van der Waals surface area contributed by atoms with Gasteiger partial charge in [0.25, 0.3) is 0 Å². The maximum atomic E-state index is 11.0. The monoisotopic (exact) mass is 250 g/mol.